The number of hydrogen-bond donors (Lipinski definition) is 2. The molecule has 22 heavy (non-hydrogen) atoms. The quantitative estimate of drug-likeness (QED) is 0.835. The van der Waals surface area contributed by atoms with Gasteiger partial charge >= 0.3 is 0 Å². The van der Waals surface area contributed by atoms with E-state index in [4.69, 9.17) is 11.6 Å². The lowest BCUT2D eigenvalue weighted by Crippen LogP contribution is -2.33. The molecule has 0 saturated heterocycles. The standard InChI is InChI=1S/C18H21ClN2O/c1-13(2)18(14-7-4-3-5-8-14)20-12-17(22)21-16-10-6-9-15(19)11-16/h3-11,13,18,20H,12H2,1-2H3,(H,21,22)/t18-/m1/s1. The number of halogens is 1. The molecule has 0 fully saturated rings. The van der Waals surface area contributed by atoms with Gasteiger partial charge in [0, 0.05) is 16.8 Å². The SMILES string of the molecule is CC(C)[C@@H](NCC(=O)Nc1cccc(Cl)c1)c1ccccc1. The summed E-state index contributed by atoms with van der Waals surface area (Å²) < 4.78 is 0. The van der Waals surface area contributed by atoms with Crippen LogP contribution in [-0.2, 0) is 4.79 Å². The van der Waals surface area contributed by atoms with Crippen molar-refractivity contribution >= 4 is 23.2 Å². The van der Waals surface area contributed by atoms with Crippen LogP contribution in [0, 0.1) is 5.92 Å². The Hall–Kier alpha value is -1.84. The molecule has 0 aliphatic carbocycles. The Morgan fingerprint density at radius 3 is 2.45 bits per heavy atom. The molecular formula is C18H21ClN2O. The molecule has 0 aromatic heterocycles. The van der Waals surface area contributed by atoms with Gasteiger partial charge in [0.1, 0.15) is 0 Å². The minimum atomic E-state index is -0.0798. The van der Waals surface area contributed by atoms with E-state index in [0.717, 1.165) is 0 Å². The highest BCUT2D eigenvalue weighted by atomic mass is 35.5. The van der Waals surface area contributed by atoms with Crippen LogP contribution < -0.4 is 10.6 Å². The minimum Gasteiger partial charge on any atom is -0.325 e. The zero-order valence-electron chi connectivity index (χ0n) is 12.8. The molecule has 1 atom stereocenters. The van der Waals surface area contributed by atoms with Gasteiger partial charge in [0.15, 0.2) is 0 Å². The second-order valence-corrected chi connectivity index (χ2v) is 6.01. The van der Waals surface area contributed by atoms with Crippen molar-refractivity contribution in [2.45, 2.75) is 19.9 Å². The van der Waals surface area contributed by atoms with Crippen LogP contribution in [0.5, 0.6) is 0 Å². The molecule has 0 saturated carbocycles. The third-order valence-corrected chi connectivity index (χ3v) is 3.65. The first-order valence-corrected chi connectivity index (χ1v) is 7.78. The third kappa shape index (κ3) is 4.86. The van der Waals surface area contributed by atoms with Gasteiger partial charge in [-0.05, 0) is 29.7 Å². The Morgan fingerprint density at radius 2 is 1.82 bits per heavy atom. The van der Waals surface area contributed by atoms with Crippen molar-refractivity contribution in [1.29, 1.82) is 0 Å². The lowest BCUT2D eigenvalue weighted by atomic mass is 9.96. The summed E-state index contributed by atoms with van der Waals surface area (Å²) >= 11 is 5.91. The summed E-state index contributed by atoms with van der Waals surface area (Å²) in [5.41, 5.74) is 1.90. The molecule has 0 heterocycles. The third-order valence-electron chi connectivity index (χ3n) is 3.42. The van der Waals surface area contributed by atoms with Crippen molar-refractivity contribution in [3.05, 3.63) is 65.2 Å². The van der Waals surface area contributed by atoms with Gasteiger partial charge in [-0.25, -0.2) is 0 Å². The molecule has 0 aliphatic heterocycles. The zero-order chi connectivity index (χ0) is 15.9. The maximum Gasteiger partial charge on any atom is 0.238 e. The first-order chi connectivity index (χ1) is 10.6. The number of nitrogens with one attached hydrogen (secondary N) is 2. The van der Waals surface area contributed by atoms with Crippen molar-refractivity contribution in [3.63, 3.8) is 0 Å². The highest BCUT2D eigenvalue weighted by Crippen LogP contribution is 2.21. The molecule has 2 aromatic carbocycles. The lowest BCUT2D eigenvalue weighted by molar-refractivity contribution is -0.115. The molecule has 0 unspecified atom stereocenters. The molecule has 2 rings (SSSR count). The summed E-state index contributed by atoms with van der Waals surface area (Å²) in [6.45, 7) is 4.53. The second-order valence-electron chi connectivity index (χ2n) is 5.57. The van der Waals surface area contributed by atoms with Gasteiger partial charge in [-0.2, -0.15) is 0 Å². The summed E-state index contributed by atoms with van der Waals surface area (Å²) in [5.74, 6) is 0.310. The molecule has 2 N–H and O–H groups in total. The van der Waals surface area contributed by atoms with E-state index in [1.54, 1.807) is 12.1 Å². The highest BCUT2D eigenvalue weighted by molar-refractivity contribution is 6.30. The number of rotatable bonds is 6. The van der Waals surface area contributed by atoms with Crippen LogP contribution in [0.15, 0.2) is 54.6 Å². The van der Waals surface area contributed by atoms with E-state index in [1.807, 2.05) is 30.3 Å². The number of amides is 1. The number of benzene rings is 2. The summed E-state index contributed by atoms with van der Waals surface area (Å²) in [6, 6.07) is 17.5. The molecular weight excluding hydrogens is 296 g/mol. The van der Waals surface area contributed by atoms with Gasteiger partial charge in [-0.3, -0.25) is 4.79 Å². The Labute approximate surface area is 136 Å². The molecule has 3 nitrogen and oxygen atoms in total. The fourth-order valence-electron chi connectivity index (χ4n) is 2.37. The molecule has 1 amide bonds. The van der Waals surface area contributed by atoms with Crippen molar-refractivity contribution in [2.24, 2.45) is 5.92 Å². The van der Waals surface area contributed by atoms with Crippen LogP contribution >= 0.6 is 11.6 Å². The molecule has 2 aromatic rings. The Bertz CT molecular complexity index is 613. The first-order valence-electron chi connectivity index (χ1n) is 7.40. The largest absolute Gasteiger partial charge is 0.325 e. The van der Waals surface area contributed by atoms with Crippen LogP contribution in [-0.4, -0.2) is 12.5 Å². The van der Waals surface area contributed by atoms with Crippen molar-refractivity contribution in [1.82, 2.24) is 5.32 Å². The molecule has 0 spiro atoms. The smallest absolute Gasteiger partial charge is 0.238 e. The summed E-state index contributed by atoms with van der Waals surface area (Å²) in [4.78, 5) is 12.1. The second kappa shape index (κ2) is 7.97. The monoisotopic (exact) mass is 316 g/mol. The first kappa shape index (κ1) is 16.5. The van der Waals surface area contributed by atoms with Gasteiger partial charge < -0.3 is 10.6 Å². The van der Waals surface area contributed by atoms with E-state index >= 15 is 0 Å². The van der Waals surface area contributed by atoms with Crippen LogP contribution in [0.3, 0.4) is 0 Å². The van der Waals surface area contributed by atoms with Crippen LogP contribution in [0.1, 0.15) is 25.5 Å². The fourth-order valence-corrected chi connectivity index (χ4v) is 2.56. The maximum absolute atomic E-state index is 12.1. The summed E-state index contributed by atoms with van der Waals surface area (Å²) in [5, 5.41) is 6.77. The van der Waals surface area contributed by atoms with E-state index in [2.05, 4.69) is 36.6 Å². The average Bonchev–Trinajstić information content (AvgIpc) is 2.48. The molecule has 4 heteroatoms. The Balaban J connectivity index is 1.94. The highest BCUT2D eigenvalue weighted by Gasteiger charge is 2.16. The zero-order valence-corrected chi connectivity index (χ0v) is 13.6. The van der Waals surface area contributed by atoms with E-state index in [0.29, 0.717) is 16.6 Å². The van der Waals surface area contributed by atoms with Crippen molar-refractivity contribution < 1.29 is 4.79 Å². The molecule has 0 bridgehead atoms. The van der Waals surface area contributed by atoms with E-state index < -0.39 is 0 Å². The summed E-state index contributed by atoms with van der Waals surface area (Å²) in [6.07, 6.45) is 0. The Kier molecular flexibility index (Phi) is 5.99. The van der Waals surface area contributed by atoms with Gasteiger partial charge in [-0.15, -0.1) is 0 Å². The topological polar surface area (TPSA) is 41.1 Å². The summed E-state index contributed by atoms with van der Waals surface area (Å²) in [7, 11) is 0. The van der Waals surface area contributed by atoms with Gasteiger partial charge in [-0.1, -0.05) is 61.8 Å². The van der Waals surface area contributed by atoms with Crippen LogP contribution in [0.4, 0.5) is 5.69 Å². The van der Waals surface area contributed by atoms with E-state index in [1.165, 1.54) is 5.56 Å². The molecule has 116 valence electrons. The van der Waals surface area contributed by atoms with Gasteiger partial charge in [0.25, 0.3) is 0 Å². The van der Waals surface area contributed by atoms with Crippen molar-refractivity contribution in [3.8, 4) is 0 Å². The Morgan fingerprint density at radius 1 is 1.09 bits per heavy atom. The number of carbonyl (C=O) groups excluding carboxylic acids is 1. The van der Waals surface area contributed by atoms with E-state index in [9.17, 15) is 4.79 Å². The van der Waals surface area contributed by atoms with Crippen LogP contribution in [0.2, 0.25) is 5.02 Å². The predicted molar refractivity (Wildman–Crippen MR) is 92.1 cm³/mol. The maximum atomic E-state index is 12.1. The normalized spacial score (nSPS) is 12.2. The predicted octanol–water partition coefficient (Wildman–Crippen LogP) is 4.27. The van der Waals surface area contributed by atoms with Crippen LogP contribution in [0.25, 0.3) is 0 Å². The average molecular weight is 317 g/mol. The number of anilines is 1. The van der Waals surface area contributed by atoms with Crippen molar-refractivity contribution in [2.75, 3.05) is 11.9 Å². The number of hydrogen-bond acceptors (Lipinski definition) is 2. The van der Waals surface area contributed by atoms with Gasteiger partial charge in [0.2, 0.25) is 5.91 Å². The fraction of sp³-hybridized carbons (Fsp3) is 0.278. The van der Waals surface area contributed by atoms with Gasteiger partial charge in [0.05, 0.1) is 6.54 Å². The molecule has 0 aliphatic rings. The molecule has 0 radical (unpaired) electrons. The van der Waals surface area contributed by atoms with E-state index in [-0.39, 0.29) is 18.5 Å². The lowest BCUT2D eigenvalue weighted by Gasteiger charge is -2.22. The number of carbonyl (C=O) groups is 1. The minimum absolute atomic E-state index is 0.0798.